The lowest BCUT2D eigenvalue weighted by molar-refractivity contribution is 0.320. The number of halogens is 1. The molecule has 1 N–H and O–H groups in total. The average molecular weight is 332 g/mol. The van der Waals surface area contributed by atoms with Crippen LogP contribution in [0.2, 0.25) is 0 Å². The van der Waals surface area contributed by atoms with Gasteiger partial charge in [-0.3, -0.25) is 0 Å². The van der Waals surface area contributed by atoms with Crippen LogP contribution in [0.1, 0.15) is 11.1 Å². The third-order valence-corrected chi connectivity index (χ3v) is 3.33. The van der Waals surface area contributed by atoms with Crippen LogP contribution >= 0.6 is 15.9 Å². The lowest BCUT2D eigenvalue weighted by Crippen LogP contribution is -1.96. The number of ether oxygens (including phenoxy) is 1. The van der Waals surface area contributed by atoms with E-state index in [0.717, 1.165) is 21.3 Å². The number of hydrogen-bond donors (Lipinski definition) is 1. The van der Waals surface area contributed by atoms with E-state index < -0.39 is 0 Å². The maximum absolute atomic E-state index is 9.13. The van der Waals surface area contributed by atoms with Crippen molar-refractivity contribution in [3.8, 4) is 5.75 Å². The van der Waals surface area contributed by atoms with Gasteiger partial charge in [-0.1, -0.05) is 39.3 Å². The molecule has 0 atom stereocenters. The van der Waals surface area contributed by atoms with Gasteiger partial charge in [0.1, 0.15) is 11.5 Å². The van der Waals surface area contributed by atoms with Gasteiger partial charge in [0.2, 0.25) is 0 Å². The van der Waals surface area contributed by atoms with E-state index in [1.165, 1.54) is 0 Å². The third-order valence-electron chi connectivity index (χ3n) is 2.80. The molecule has 3 nitrogen and oxygen atoms in total. The molecule has 0 aliphatic rings. The Bertz CT molecular complexity index is 616. The van der Waals surface area contributed by atoms with Gasteiger partial charge in [-0.15, -0.1) is 0 Å². The Hall–Kier alpha value is -2.07. The Morgan fingerprint density at radius 3 is 2.30 bits per heavy atom. The summed E-state index contributed by atoms with van der Waals surface area (Å²) in [5.41, 5.74) is 2.35. The number of rotatable bonds is 4. The van der Waals surface area contributed by atoms with Crippen molar-refractivity contribution >= 4 is 27.7 Å². The number of methoxy groups -OCH3 is 1. The van der Waals surface area contributed by atoms with Crippen molar-refractivity contribution in [3.63, 3.8) is 0 Å². The van der Waals surface area contributed by atoms with Gasteiger partial charge in [0.05, 0.1) is 7.11 Å². The van der Waals surface area contributed by atoms with Gasteiger partial charge in [0, 0.05) is 10.0 Å². The fourth-order valence-corrected chi connectivity index (χ4v) is 1.96. The fourth-order valence-electron chi connectivity index (χ4n) is 1.70. The van der Waals surface area contributed by atoms with Crippen molar-refractivity contribution in [1.82, 2.24) is 0 Å². The maximum atomic E-state index is 9.13. The summed E-state index contributed by atoms with van der Waals surface area (Å²) in [6, 6.07) is 15.2. The highest BCUT2D eigenvalue weighted by Crippen LogP contribution is 2.14. The predicted molar refractivity (Wildman–Crippen MR) is 84.5 cm³/mol. The van der Waals surface area contributed by atoms with Gasteiger partial charge in [0.25, 0.3) is 0 Å². The topological polar surface area (TPSA) is 41.8 Å². The summed E-state index contributed by atoms with van der Waals surface area (Å²) < 4.78 is 6.13. The van der Waals surface area contributed by atoms with Gasteiger partial charge in [0.15, 0.2) is 0 Å². The van der Waals surface area contributed by atoms with Crippen LogP contribution in [0, 0.1) is 0 Å². The van der Waals surface area contributed by atoms with Crippen molar-refractivity contribution in [2.75, 3.05) is 7.11 Å². The Labute approximate surface area is 126 Å². The van der Waals surface area contributed by atoms with Crippen LogP contribution in [-0.4, -0.2) is 18.0 Å². The lowest BCUT2D eigenvalue weighted by atomic mass is 10.1. The molecule has 0 aliphatic carbocycles. The second-order valence-electron chi connectivity index (χ2n) is 4.10. The first kappa shape index (κ1) is 14.3. The number of oxime groups is 1. The monoisotopic (exact) mass is 331 g/mol. The zero-order valence-electron chi connectivity index (χ0n) is 11.0. The van der Waals surface area contributed by atoms with Gasteiger partial charge in [-0.25, -0.2) is 0 Å². The molecule has 0 spiro atoms. The van der Waals surface area contributed by atoms with Gasteiger partial charge >= 0.3 is 0 Å². The lowest BCUT2D eigenvalue weighted by Gasteiger charge is -2.02. The van der Waals surface area contributed by atoms with Crippen LogP contribution in [0.5, 0.6) is 5.75 Å². The maximum Gasteiger partial charge on any atom is 0.118 e. The molecule has 0 aromatic heterocycles. The average Bonchev–Trinajstić information content (AvgIpc) is 2.50. The van der Waals surface area contributed by atoms with E-state index in [1.807, 2.05) is 54.6 Å². The molecule has 0 saturated heterocycles. The van der Waals surface area contributed by atoms with E-state index >= 15 is 0 Å². The molecule has 0 amide bonds. The molecule has 0 aliphatic heterocycles. The molecule has 4 heteroatoms. The number of allylic oxidation sites excluding steroid dienone is 1. The highest BCUT2D eigenvalue weighted by atomic mass is 79.9. The Morgan fingerprint density at radius 1 is 1.10 bits per heavy atom. The number of benzene rings is 2. The molecule has 102 valence electrons. The molecule has 2 aromatic carbocycles. The molecular formula is C16H14BrNO2. The van der Waals surface area contributed by atoms with Crippen LogP contribution in [0.25, 0.3) is 6.08 Å². The predicted octanol–water partition coefficient (Wildman–Crippen LogP) is 4.35. The molecular weight excluding hydrogens is 318 g/mol. The normalized spacial score (nSPS) is 11.8. The van der Waals surface area contributed by atoms with Crippen LogP contribution in [0.4, 0.5) is 0 Å². The third kappa shape index (κ3) is 3.71. The molecule has 2 rings (SSSR count). The summed E-state index contributed by atoms with van der Waals surface area (Å²) in [4.78, 5) is 0. The Morgan fingerprint density at radius 2 is 1.75 bits per heavy atom. The first-order chi connectivity index (χ1) is 9.72. The molecule has 20 heavy (non-hydrogen) atoms. The first-order valence-electron chi connectivity index (χ1n) is 6.03. The summed E-state index contributed by atoms with van der Waals surface area (Å²) in [5, 5.41) is 12.5. The second kappa shape index (κ2) is 6.91. The summed E-state index contributed by atoms with van der Waals surface area (Å²) in [6.45, 7) is 0. The first-order valence-corrected chi connectivity index (χ1v) is 6.82. The van der Waals surface area contributed by atoms with Gasteiger partial charge in [-0.05, 0) is 48.0 Å². The SMILES string of the molecule is COc1ccc(C(/C=C/c2ccc(Br)cc2)=N/O)cc1. The quantitative estimate of drug-likeness (QED) is 0.514. The van der Waals surface area contributed by atoms with E-state index in [-0.39, 0.29) is 0 Å². The minimum Gasteiger partial charge on any atom is -0.497 e. The van der Waals surface area contributed by atoms with Crippen molar-refractivity contribution < 1.29 is 9.94 Å². The van der Waals surface area contributed by atoms with Crippen molar-refractivity contribution in [3.05, 3.63) is 70.2 Å². The summed E-state index contributed by atoms with van der Waals surface area (Å²) in [6.07, 6.45) is 3.66. The molecule has 0 unspecified atom stereocenters. The highest BCUT2D eigenvalue weighted by Gasteiger charge is 2.01. The minimum absolute atomic E-state index is 0.496. The summed E-state index contributed by atoms with van der Waals surface area (Å²) >= 11 is 3.39. The molecule has 0 heterocycles. The van der Waals surface area contributed by atoms with Crippen molar-refractivity contribution in [2.45, 2.75) is 0 Å². The van der Waals surface area contributed by atoms with Crippen LogP contribution in [0.3, 0.4) is 0 Å². The van der Waals surface area contributed by atoms with Gasteiger partial charge in [-0.2, -0.15) is 0 Å². The summed E-state index contributed by atoms with van der Waals surface area (Å²) in [7, 11) is 1.61. The second-order valence-corrected chi connectivity index (χ2v) is 5.01. The Balaban J connectivity index is 2.18. The smallest absolute Gasteiger partial charge is 0.118 e. The fraction of sp³-hybridized carbons (Fsp3) is 0.0625. The Kier molecular flexibility index (Phi) is 4.96. The number of hydrogen-bond acceptors (Lipinski definition) is 3. The summed E-state index contributed by atoms with van der Waals surface area (Å²) in [5.74, 6) is 0.767. The van der Waals surface area contributed by atoms with E-state index in [1.54, 1.807) is 13.2 Å². The van der Waals surface area contributed by atoms with E-state index in [2.05, 4.69) is 21.1 Å². The highest BCUT2D eigenvalue weighted by molar-refractivity contribution is 9.10. The van der Waals surface area contributed by atoms with Crippen molar-refractivity contribution in [1.29, 1.82) is 0 Å². The van der Waals surface area contributed by atoms with E-state index in [9.17, 15) is 0 Å². The zero-order valence-corrected chi connectivity index (χ0v) is 12.5. The minimum atomic E-state index is 0.496. The van der Waals surface area contributed by atoms with Crippen LogP contribution in [0.15, 0.2) is 64.2 Å². The van der Waals surface area contributed by atoms with Crippen LogP contribution in [-0.2, 0) is 0 Å². The van der Waals surface area contributed by atoms with Crippen molar-refractivity contribution in [2.24, 2.45) is 5.16 Å². The van der Waals surface area contributed by atoms with E-state index in [4.69, 9.17) is 9.94 Å². The van der Waals surface area contributed by atoms with E-state index in [0.29, 0.717) is 5.71 Å². The molecule has 0 bridgehead atoms. The largest absolute Gasteiger partial charge is 0.497 e. The number of nitrogens with zero attached hydrogens (tertiary/aromatic N) is 1. The molecule has 0 fully saturated rings. The zero-order chi connectivity index (χ0) is 14.4. The van der Waals surface area contributed by atoms with Crippen LogP contribution < -0.4 is 4.74 Å². The molecule has 0 radical (unpaired) electrons. The standard InChI is InChI=1S/C16H14BrNO2/c1-20-15-9-5-13(6-10-15)16(18-19)11-4-12-2-7-14(17)8-3-12/h2-11,19H,1H3/b11-4+,18-16+. The van der Waals surface area contributed by atoms with Gasteiger partial charge < -0.3 is 9.94 Å². The molecule has 2 aromatic rings. The molecule has 0 saturated carbocycles.